The van der Waals surface area contributed by atoms with Gasteiger partial charge in [-0.2, -0.15) is 0 Å². The molecule has 1 aliphatic rings. The lowest BCUT2D eigenvalue weighted by Gasteiger charge is -2.18. The van der Waals surface area contributed by atoms with Crippen LogP contribution < -0.4 is 14.8 Å². The molecule has 0 bridgehead atoms. The van der Waals surface area contributed by atoms with E-state index in [4.69, 9.17) is 25.8 Å². The first kappa shape index (κ1) is 22.4. The molecule has 7 nitrogen and oxygen atoms in total. The van der Waals surface area contributed by atoms with Crippen molar-refractivity contribution in [3.05, 3.63) is 87.9 Å². The summed E-state index contributed by atoms with van der Waals surface area (Å²) in [5, 5.41) is 3.17. The third-order valence-electron chi connectivity index (χ3n) is 5.07. The van der Waals surface area contributed by atoms with Crippen molar-refractivity contribution in [3.63, 3.8) is 0 Å². The molecular formula is C25H20ClNO6. The number of nitrogens with one attached hydrogen (secondary N) is 1. The third kappa shape index (κ3) is 4.99. The summed E-state index contributed by atoms with van der Waals surface area (Å²) in [6.07, 6.45) is 0. The molecule has 4 rings (SSSR count). The SMILES string of the molecule is Cc1c(Cl)cccc1NC(=O)COC(=O)c1ccccc1C(=O)c1ccc2c(c1)OCCO2. The molecule has 0 aromatic heterocycles. The Bertz CT molecular complexity index is 1240. The van der Waals surface area contributed by atoms with Crippen LogP contribution in [0, 0.1) is 6.92 Å². The Hall–Kier alpha value is -3.84. The van der Waals surface area contributed by atoms with E-state index in [0.29, 0.717) is 46.5 Å². The predicted octanol–water partition coefficient (Wildman–Crippen LogP) is 4.45. The zero-order valence-electron chi connectivity index (χ0n) is 17.7. The maximum atomic E-state index is 13.1. The number of amides is 1. The van der Waals surface area contributed by atoms with Gasteiger partial charge in [0.05, 0.1) is 5.56 Å². The van der Waals surface area contributed by atoms with Gasteiger partial charge in [-0.3, -0.25) is 9.59 Å². The minimum absolute atomic E-state index is 0.0594. The summed E-state index contributed by atoms with van der Waals surface area (Å²) in [6, 6.07) is 16.2. The monoisotopic (exact) mass is 465 g/mol. The number of esters is 1. The Balaban J connectivity index is 1.46. The van der Waals surface area contributed by atoms with Gasteiger partial charge in [0.15, 0.2) is 23.9 Å². The highest BCUT2D eigenvalue weighted by molar-refractivity contribution is 6.31. The highest BCUT2D eigenvalue weighted by Gasteiger charge is 2.22. The van der Waals surface area contributed by atoms with Crippen molar-refractivity contribution in [2.24, 2.45) is 0 Å². The first-order valence-electron chi connectivity index (χ1n) is 10.2. The molecule has 0 aliphatic carbocycles. The molecule has 0 spiro atoms. The lowest BCUT2D eigenvalue weighted by atomic mass is 9.98. The molecule has 3 aromatic rings. The van der Waals surface area contributed by atoms with Crippen molar-refractivity contribution in [2.75, 3.05) is 25.1 Å². The summed E-state index contributed by atoms with van der Waals surface area (Å²) in [5.74, 6) is -0.649. The molecule has 1 heterocycles. The zero-order valence-corrected chi connectivity index (χ0v) is 18.5. The minimum atomic E-state index is -0.783. The number of ether oxygens (including phenoxy) is 3. The number of halogens is 1. The standard InChI is InChI=1S/C25H20ClNO6/c1-15-19(26)7-4-8-20(15)27-23(28)14-33-25(30)18-6-3-2-5-17(18)24(29)16-9-10-21-22(13-16)32-12-11-31-21/h2-10,13H,11-12,14H2,1H3,(H,27,28). The number of ketones is 1. The van der Waals surface area contributed by atoms with Gasteiger partial charge >= 0.3 is 5.97 Å². The quantitative estimate of drug-likeness (QED) is 0.427. The van der Waals surface area contributed by atoms with Crippen LogP contribution in [0.1, 0.15) is 31.8 Å². The largest absolute Gasteiger partial charge is 0.486 e. The number of hydrogen-bond donors (Lipinski definition) is 1. The lowest BCUT2D eigenvalue weighted by molar-refractivity contribution is -0.119. The molecule has 0 atom stereocenters. The summed E-state index contributed by atoms with van der Waals surface area (Å²) in [7, 11) is 0. The van der Waals surface area contributed by atoms with Crippen molar-refractivity contribution in [3.8, 4) is 11.5 Å². The smallest absolute Gasteiger partial charge is 0.339 e. The van der Waals surface area contributed by atoms with E-state index in [9.17, 15) is 14.4 Å². The van der Waals surface area contributed by atoms with Crippen molar-refractivity contribution >= 4 is 34.9 Å². The maximum absolute atomic E-state index is 13.1. The van der Waals surface area contributed by atoms with Crippen LogP contribution in [0.4, 0.5) is 5.69 Å². The average molecular weight is 466 g/mol. The molecule has 33 heavy (non-hydrogen) atoms. The fraction of sp³-hybridized carbons (Fsp3) is 0.160. The lowest BCUT2D eigenvalue weighted by Crippen LogP contribution is -2.22. The minimum Gasteiger partial charge on any atom is -0.486 e. The molecule has 0 saturated carbocycles. The second-order valence-electron chi connectivity index (χ2n) is 7.27. The van der Waals surface area contributed by atoms with E-state index in [2.05, 4.69) is 5.32 Å². The molecule has 0 unspecified atom stereocenters. The Morgan fingerprint density at radius 3 is 2.45 bits per heavy atom. The van der Waals surface area contributed by atoms with Gasteiger partial charge in [0.25, 0.3) is 5.91 Å². The molecule has 0 radical (unpaired) electrons. The van der Waals surface area contributed by atoms with Crippen LogP contribution in [-0.2, 0) is 9.53 Å². The molecule has 1 N–H and O–H groups in total. The summed E-state index contributed by atoms with van der Waals surface area (Å²) in [4.78, 5) is 38.1. The van der Waals surface area contributed by atoms with E-state index in [0.717, 1.165) is 0 Å². The summed E-state index contributed by atoms with van der Waals surface area (Å²) in [6.45, 7) is 2.09. The molecule has 1 amide bonds. The Kier molecular flexibility index (Phi) is 6.60. The topological polar surface area (TPSA) is 90.9 Å². The van der Waals surface area contributed by atoms with Crippen LogP contribution in [0.3, 0.4) is 0 Å². The number of hydrogen-bond acceptors (Lipinski definition) is 6. The molecule has 1 aliphatic heterocycles. The van der Waals surface area contributed by atoms with Crippen LogP contribution in [-0.4, -0.2) is 37.5 Å². The van der Waals surface area contributed by atoms with E-state index in [1.54, 1.807) is 55.5 Å². The average Bonchev–Trinajstić information content (AvgIpc) is 2.84. The first-order valence-corrected chi connectivity index (χ1v) is 10.6. The van der Waals surface area contributed by atoms with Gasteiger partial charge in [0.1, 0.15) is 13.2 Å². The second-order valence-corrected chi connectivity index (χ2v) is 7.68. The van der Waals surface area contributed by atoms with E-state index in [1.807, 2.05) is 0 Å². The van der Waals surface area contributed by atoms with Gasteiger partial charge in [0, 0.05) is 21.8 Å². The van der Waals surface area contributed by atoms with Gasteiger partial charge in [-0.05, 0) is 48.9 Å². The predicted molar refractivity (Wildman–Crippen MR) is 122 cm³/mol. The van der Waals surface area contributed by atoms with Crippen molar-refractivity contribution in [2.45, 2.75) is 6.92 Å². The first-order chi connectivity index (χ1) is 15.9. The molecule has 0 fully saturated rings. The van der Waals surface area contributed by atoms with Crippen LogP contribution in [0.5, 0.6) is 11.5 Å². The van der Waals surface area contributed by atoms with E-state index in [-0.39, 0.29) is 16.9 Å². The van der Waals surface area contributed by atoms with Gasteiger partial charge < -0.3 is 19.5 Å². The Morgan fingerprint density at radius 1 is 0.939 bits per heavy atom. The number of rotatable bonds is 6. The molecular weight excluding hydrogens is 446 g/mol. The van der Waals surface area contributed by atoms with E-state index >= 15 is 0 Å². The molecule has 8 heteroatoms. The molecule has 168 valence electrons. The Labute approximate surface area is 195 Å². The highest BCUT2D eigenvalue weighted by atomic mass is 35.5. The van der Waals surface area contributed by atoms with Gasteiger partial charge in [-0.15, -0.1) is 0 Å². The third-order valence-corrected chi connectivity index (χ3v) is 5.48. The van der Waals surface area contributed by atoms with Crippen molar-refractivity contribution in [1.82, 2.24) is 0 Å². The van der Waals surface area contributed by atoms with Crippen molar-refractivity contribution in [1.29, 1.82) is 0 Å². The summed E-state index contributed by atoms with van der Waals surface area (Å²) >= 11 is 6.06. The normalized spacial score (nSPS) is 12.1. The number of benzene rings is 3. The number of carbonyl (C=O) groups excluding carboxylic acids is 3. The zero-order chi connectivity index (χ0) is 23.4. The highest BCUT2D eigenvalue weighted by Crippen LogP contribution is 2.32. The summed E-state index contributed by atoms with van der Waals surface area (Å²) in [5.41, 5.74) is 1.79. The fourth-order valence-electron chi connectivity index (χ4n) is 3.34. The molecule has 3 aromatic carbocycles. The Morgan fingerprint density at radius 2 is 1.67 bits per heavy atom. The van der Waals surface area contributed by atoms with E-state index in [1.165, 1.54) is 12.1 Å². The van der Waals surface area contributed by atoms with Crippen molar-refractivity contribution < 1.29 is 28.6 Å². The summed E-state index contributed by atoms with van der Waals surface area (Å²) < 4.78 is 16.2. The second kappa shape index (κ2) is 9.75. The van der Waals surface area contributed by atoms with Crippen LogP contribution in [0.15, 0.2) is 60.7 Å². The van der Waals surface area contributed by atoms with Crippen LogP contribution in [0.25, 0.3) is 0 Å². The van der Waals surface area contributed by atoms with Gasteiger partial charge in [0.2, 0.25) is 0 Å². The van der Waals surface area contributed by atoms with Crippen LogP contribution in [0.2, 0.25) is 5.02 Å². The van der Waals surface area contributed by atoms with Gasteiger partial charge in [-0.1, -0.05) is 35.9 Å². The van der Waals surface area contributed by atoms with Crippen LogP contribution >= 0.6 is 11.6 Å². The van der Waals surface area contributed by atoms with Gasteiger partial charge in [-0.25, -0.2) is 4.79 Å². The maximum Gasteiger partial charge on any atom is 0.339 e. The van der Waals surface area contributed by atoms with E-state index < -0.39 is 18.5 Å². The molecule has 0 saturated heterocycles. The fourth-order valence-corrected chi connectivity index (χ4v) is 3.51. The number of fused-ring (bicyclic) bond motifs is 1. The number of carbonyl (C=O) groups is 3. The number of anilines is 1.